The molecule has 2 heterocycles. The van der Waals surface area contributed by atoms with Gasteiger partial charge in [-0.2, -0.15) is 0 Å². The van der Waals surface area contributed by atoms with E-state index in [0.717, 1.165) is 19.3 Å². The number of nitrogens with zero attached hydrogens (tertiary/aromatic N) is 2. The molecule has 1 radical (unpaired) electrons. The largest absolute Gasteiger partial charge is 0.390 e. The first-order chi connectivity index (χ1) is 8.99. The van der Waals surface area contributed by atoms with E-state index in [1.165, 1.54) is 4.90 Å². The summed E-state index contributed by atoms with van der Waals surface area (Å²) in [7, 11) is 1.62. The second-order valence-electron chi connectivity index (χ2n) is 5.67. The number of likely N-dealkylation sites (N-methyl/N-ethyl adjacent to an activating group) is 1. The van der Waals surface area contributed by atoms with Crippen molar-refractivity contribution in [1.82, 2.24) is 9.80 Å². The van der Waals surface area contributed by atoms with Gasteiger partial charge in [0, 0.05) is 26.2 Å². The van der Waals surface area contributed by atoms with E-state index in [9.17, 15) is 14.7 Å². The van der Waals surface area contributed by atoms with Crippen molar-refractivity contribution in [2.45, 2.75) is 43.4 Å². The number of hydrogen-bond acceptors (Lipinski definition) is 4. The van der Waals surface area contributed by atoms with E-state index in [2.05, 4.69) is 11.3 Å². The van der Waals surface area contributed by atoms with Crippen molar-refractivity contribution in [3.8, 4) is 0 Å². The third kappa shape index (κ3) is 2.60. The normalized spacial score (nSPS) is 32.0. The molecule has 19 heavy (non-hydrogen) atoms. The van der Waals surface area contributed by atoms with Gasteiger partial charge in [-0.15, -0.1) is 0 Å². The van der Waals surface area contributed by atoms with Crippen LogP contribution >= 0.6 is 0 Å². The zero-order valence-corrected chi connectivity index (χ0v) is 11.3. The van der Waals surface area contributed by atoms with Gasteiger partial charge < -0.3 is 15.7 Å². The number of nitrogens with two attached hydrogens (primary N) is 1. The van der Waals surface area contributed by atoms with Crippen LogP contribution in [0.15, 0.2) is 0 Å². The summed E-state index contributed by atoms with van der Waals surface area (Å²) in [6, 6.07) is 0.289. The average molecular weight is 268 g/mol. The van der Waals surface area contributed by atoms with Gasteiger partial charge in [0.15, 0.2) is 0 Å². The second-order valence-corrected chi connectivity index (χ2v) is 5.67. The number of aliphatic hydroxyl groups is 1. The van der Waals surface area contributed by atoms with Crippen LogP contribution in [-0.2, 0) is 9.59 Å². The molecule has 0 spiro atoms. The lowest BCUT2D eigenvalue weighted by molar-refractivity contribution is -0.132. The summed E-state index contributed by atoms with van der Waals surface area (Å²) in [5.41, 5.74) is 4.96. The van der Waals surface area contributed by atoms with Crippen molar-refractivity contribution in [2.24, 2.45) is 5.73 Å². The van der Waals surface area contributed by atoms with Crippen LogP contribution in [0.4, 0.5) is 0 Å². The lowest BCUT2D eigenvalue weighted by Gasteiger charge is -2.43. The SMILES string of the molecule is CN(C=O)C[C@H](O)CN1[C@@H]2C[CH]C[C@@]1(C(N)=O)CC2. The van der Waals surface area contributed by atoms with Gasteiger partial charge >= 0.3 is 0 Å². The van der Waals surface area contributed by atoms with Gasteiger partial charge in [-0.05, 0) is 32.1 Å². The van der Waals surface area contributed by atoms with Crippen molar-refractivity contribution >= 4 is 12.3 Å². The maximum atomic E-state index is 11.8. The fourth-order valence-electron chi connectivity index (χ4n) is 3.38. The minimum atomic E-state index is -0.660. The number of carbonyl (C=O) groups is 2. The second kappa shape index (κ2) is 5.46. The lowest BCUT2D eigenvalue weighted by atomic mass is 9.87. The van der Waals surface area contributed by atoms with Gasteiger partial charge in [0.25, 0.3) is 0 Å². The molecule has 0 aliphatic carbocycles. The maximum absolute atomic E-state index is 11.8. The fraction of sp³-hybridized carbons (Fsp3) is 0.769. The zero-order valence-electron chi connectivity index (χ0n) is 11.3. The molecule has 6 nitrogen and oxygen atoms in total. The van der Waals surface area contributed by atoms with Crippen LogP contribution in [0.3, 0.4) is 0 Å². The molecule has 2 amide bonds. The molecule has 2 saturated heterocycles. The molecule has 2 aliphatic rings. The van der Waals surface area contributed by atoms with Crippen LogP contribution in [0.25, 0.3) is 0 Å². The minimum absolute atomic E-state index is 0.269. The topological polar surface area (TPSA) is 86.9 Å². The first-order valence-corrected chi connectivity index (χ1v) is 6.71. The fourth-order valence-corrected chi connectivity index (χ4v) is 3.38. The number of piperidine rings is 1. The van der Waals surface area contributed by atoms with Crippen molar-refractivity contribution in [2.75, 3.05) is 20.1 Å². The summed E-state index contributed by atoms with van der Waals surface area (Å²) in [6.07, 6.45) is 5.46. The van der Waals surface area contributed by atoms with Crippen LogP contribution in [0.5, 0.6) is 0 Å². The first-order valence-electron chi connectivity index (χ1n) is 6.71. The third-order valence-electron chi connectivity index (χ3n) is 4.35. The summed E-state index contributed by atoms with van der Waals surface area (Å²) >= 11 is 0. The van der Waals surface area contributed by atoms with Gasteiger partial charge in [0.05, 0.1) is 6.10 Å². The van der Waals surface area contributed by atoms with Gasteiger partial charge in [0.1, 0.15) is 5.54 Å². The van der Waals surface area contributed by atoms with Crippen LogP contribution in [0.2, 0.25) is 0 Å². The van der Waals surface area contributed by atoms with Gasteiger partial charge in [-0.1, -0.05) is 0 Å². The van der Waals surface area contributed by atoms with Crippen LogP contribution in [0, 0.1) is 6.42 Å². The molecule has 2 fully saturated rings. The van der Waals surface area contributed by atoms with E-state index in [1.807, 2.05) is 0 Å². The summed E-state index contributed by atoms with van der Waals surface area (Å²) in [6.45, 7) is 0.658. The van der Waals surface area contributed by atoms with Crippen molar-refractivity contribution in [3.05, 3.63) is 6.42 Å². The molecule has 2 aliphatic heterocycles. The molecule has 3 atom stereocenters. The van der Waals surface area contributed by atoms with Gasteiger partial charge in [-0.3, -0.25) is 14.5 Å². The van der Waals surface area contributed by atoms with Crippen LogP contribution in [0.1, 0.15) is 25.7 Å². The number of carbonyl (C=O) groups excluding carboxylic acids is 2. The van der Waals surface area contributed by atoms with Gasteiger partial charge in [0.2, 0.25) is 12.3 Å². The number of primary amides is 1. The molecule has 107 valence electrons. The Labute approximate surface area is 113 Å². The van der Waals surface area contributed by atoms with Crippen molar-refractivity contribution < 1.29 is 14.7 Å². The number of β-amino-alcohol motifs (C(OH)–C–C–N with tert-alkyl or cyclic N) is 1. The summed E-state index contributed by atoms with van der Waals surface area (Å²) in [5, 5.41) is 10.1. The Morgan fingerprint density at radius 3 is 3.11 bits per heavy atom. The predicted octanol–water partition coefficient (Wildman–Crippen LogP) is -0.878. The Kier molecular flexibility index (Phi) is 4.10. The smallest absolute Gasteiger partial charge is 0.237 e. The number of rotatable bonds is 6. The van der Waals surface area contributed by atoms with E-state index in [1.54, 1.807) is 7.05 Å². The lowest BCUT2D eigenvalue weighted by Crippen LogP contribution is -2.60. The molecule has 6 heteroatoms. The van der Waals surface area contributed by atoms with Crippen LogP contribution in [-0.4, -0.2) is 65.0 Å². The van der Waals surface area contributed by atoms with E-state index in [-0.39, 0.29) is 18.5 Å². The summed E-state index contributed by atoms with van der Waals surface area (Å²) in [5.74, 6) is -0.304. The Balaban J connectivity index is 2.05. The average Bonchev–Trinajstić information content (AvgIpc) is 2.59. The molecular formula is C13H22N3O3. The molecule has 0 unspecified atom stereocenters. The molecule has 2 bridgehead atoms. The Bertz CT molecular complexity index is 359. The molecule has 0 aromatic carbocycles. The highest BCUT2D eigenvalue weighted by atomic mass is 16.3. The Morgan fingerprint density at radius 2 is 2.47 bits per heavy atom. The van der Waals surface area contributed by atoms with Crippen LogP contribution < -0.4 is 5.73 Å². The molecule has 0 aromatic heterocycles. The Hall–Kier alpha value is -1.14. The molecule has 0 aromatic rings. The summed E-state index contributed by atoms with van der Waals surface area (Å²) in [4.78, 5) is 25.8. The predicted molar refractivity (Wildman–Crippen MR) is 69.9 cm³/mol. The molecule has 2 rings (SSSR count). The first kappa shape index (κ1) is 14.3. The van der Waals surface area contributed by atoms with Gasteiger partial charge in [-0.25, -0.2) is 0 Å². The quantitative estimate of drug-likeness (QED) is 0.613. The Morgan fingerprint density at radius 1 is 1.74 bits per heavy atom. The standard InChI is InChI=1S/C13H22N3O3/c1-15(9-17)7-11(18)8-16-10-3-2-5-13(16,6-4-10)12(14)19/h2,9-11,18H,3-8H2,1H3,(H2,14,19)/t10-,11+,13+/m1/s1. The highest BCUT2D eigenvalue weighted by molar-refractivity contribution is 5.85. The van der Waals surface area contributed by atoms with E-state index >= 15 is 0 Å². The number of fused-ring (bicyclic) bond motifs is 2. The number of aliphatic hydroxyl groups excluding tert-OH is 1. The zero-order chi connectivity index (χ0) is 14.0. The summed E-state index contributed by atoms with van der Waals surface area (Å²) < 4.78 is 0. The monoisotopic (exact) mass is 268 g/mol. The molecule has 0 saturated carbocycles. The highest BCUT2D eigenvalue weighted by Gasteiger charge is 2.52. The maximum Gasteiger partial charge on any atom is 0.237 e. The van der Waals surface area contributed by atoms with E-state index in [0.29, 0.717) is 19.4 Å². The number of hydrogen-bond donors (Lipinski definition) is 2. The minimum Gasteiger partial charge on any atom is -0.390 e. The number of amides is 2. The highest BCUT2D eigenvalue weighted by Crippen LogP contribution is 2.43. The molecule has 3 N–H and O–H groups in total. The molecular weight excluding hydrogens is 246 g/mol. The van der Waals surface area contributed by atoms with Crippen molar-refractivity contribution in [1.29, 1.82) is 0 Å². The third-order valence-corrected chi connectivity index (χ3v) is 4.35. The van der Waals surface area contributed by atoms with E-state index < -0.39 is 11.6 Å². The van der Waals surface area contributed by atoms with Crippen molar-refractivity contribution in [3.63, 3.8) is 0 Å². The van der Waals surface area contributed by atoms with E-state index in [4.69, 9.17) is 5.73 Å².